The van der Waals surface area contributed by atoms with Gasteiger partial charge in [0.15, 0.2) is 0 Å². The first-order chi connectivity index (χ1) is 15.6. The summed E-state index contributed by atoms with van der Waals surface area (Å²) in [6.07, 6.45) is 7.95. The maximum Gasteiger partial charge on any atom is 0.242 e. The monoisotopic (exact) mass is 436 g/mol. The summed E-state index contributed by atoms with van der Waals surface area (Å²) in [7, 11) is 0. The Balaban J connectivity index is 1.43. The van der Waals surface area contributed by atoms with Crippen LogP contribution in [0, 0.1) is 0 Å². The molecule has 0 radical (unpaired) electrons. The van der Waals surface area contributed by atoms with Crippen LogP contribution in [0.1, 0.15) is 56.9 Å². The minimum Gasteiger partial charge on any atom is -0.347 e. The van der Waals surface area contributed by atoms with Crippen LogP contribution < -0.4 is 10.6 Å². The fourth-order valence-electron chi connectivity index (χ4n) is 4.01. The molecule has 0 unspecified atom stereocenters. The quantitative estimate of drug-likeness (QED) is 0.595. The molecule has 0 saturated heterocycles. The minimum atomic E-state index is -0.215. The second-order valence-electron chi connectivity index (χ2n) is 8.19. The summed E-state index contributed by atoms with van der Waals surface area (Å²) in [5, 5.41) is 5.43. The van der Waals surface area contributed by atoms with Crippen LogP contribution in [-0.2, 0) is 20.9 Å². The Morgan fingerprint density at radius 3 is 2.34 bits per heavy atom. The highest BCUT2D eigenvalue weighted by molar-refractivity contribution is 5.90. The molecule has 0 aliphatic heterocycles. The van der Waals surface area contributed by atoms with Gasteiger partial charge in [-0.25, -0.2) is 4.98 Å². The topological polar surface area (TPSA) is 91.4 Å². The van der Waals surface area contributed by atoms with Crippen molar-refractivity contribution in [3.8, 4) is 0 Å². The van der Waals surface area contributed by atoms with Gasteiger partial charge >= 0.3 is 0 Å². The summed E-state index contributed by atoms with van der Waals surface area (Å²) in [5.41, 5.74) is 1.09. The lowest BCUT2D eigenvalue weighted by molar-refractivity contribution is -0.136. The first-order valence-electron chi connectivity index (χ1n) is 11.4. The summed E-state index contributed by atoms with van der Waals surface area (Å²) in [6, 6.07) is 15.5. The summed E-state index contributed by atoms with van der Waals surface area (Å²) in [4.78, 5) is 43.1. The number of anilines is 1. The number of carbonyl (C=O) groups is 3. The van der Waals surface area contributed by atoms with E-state index in [1.807, 2.05) is 35.2 Å². The van der Waals surface area contributed by atoms with Crippen molar-refractivity contribution in [3.05, 3.63) is 60.3 Å². The van der Waals surface area contributed by atoms with Gasteiger partial charge < -0.3 is 15.5 Å². The molecule has 0 spiro atoms. The maximum atomic E-state index is 13.0. The zero-order valence-corrected chi connectivity index (χ0v) is 18.5. The number of rotatable bonds is 10. The fraction of sp³-hybridized carbons (Fsp3) is 0.440. The Bertz CT molecular complexity index is 867. The molecule has 7 nitrogen and oxygen atoms in total. The lowest BCUT2D eigenvalue weighted by atomic mass is 9.93. The van der Waals surface area contributed by atoms with Crippen LogP contribution in [0.2, 0.25) is 0 Å². The van der Waals surface area contributed by atoms with Gasteiger partial charge in [0.05, 0.1) is 6.54 Å². The number of aromatic nitrogens is 1. The smallest absolute Gasteiger partial charge is 0.242 e. The number of amides is 3. The van der Waals surface area contributed by atoms with E-state index in [0.29, 0.717) is 18.8 Å². The third-order valence-corrected chi connectivity index (χ3v) is 5.71. The fourth-order valence-corrected chi connectivity index (χ4v) is 4.01. The summed E-state index contributed by atoms with van der Waals surface area (Å²) in [5.74, 6) is 0.0435. The molecule has 3 rings (SSSR count). The van der Waals surface area contributed by atoms with Crippen LogP contribution >= 0.6 is 0 Å². The Morgan fingerprint density at radius 2 is 1.62 bits per heavy atom. The van der Waals surface area contributed by atoms with E-state index in [9.17, 15) is 14.4 Å². The van der Waals surface area contributed by atoms with E-state index in [0.717, 1.165) is 31.2 Å². The van der Waals surface area contributed by atoms with E-state index in [1.54, 1.807) is 24.4 Å². The Hall–Kier alpha value is -3.22. The van der Waals surface area contributed by atoms with Crippen molar-refractivity contribution in [1.29, 1.82) is 0 Å². The Kier molecular flexibility index (Phi) is 9.22. The second-order valence-corrected chi connectivity index (χ2v) is 8.19. The van der Waals surface area contributed by atoms with Crippen molar-refractivity contribution in [2.24, 2.45) is 0 Å². The van der Waals surface area contributed by atoms with E-state index in [-0.39, 0.29) is 43.1 Å². The third kappa shape index (κ3) is 7.80. The number of benzene rings is 1. The van der Waals surface area contributed by atoms with Gasteiger partial charge in [0.2, 0.25) is 17.7 Å². The molecule has 32 heavy (non-hydrogen) atoms. The molecule has 1 aliphatic rings. The molecule has 3 amide bonds. The zero-order valence-electron chi connectivity index (χ0n) is 18.5. The summed E-state index contributed by atoms with van der Waals surface area (Å²) >= 11 is 0. The predicted octanol–water partition coefficient (Wildman–Crippen LogP) is 3.67. The molecule has 1 aromatic carbocycles. The van der Waals surface area contributed by atoms with Crippen molar-refractivity contribution in [2.45, 2.75) is 64.0 Å². The third-order valence-electron chi connectivity index (χ3n) is 5.71. The van der Waals surface area contributed by atoms with E-state index in [2.05, 4.69) is 15.6 Å². The van der Waals surface area contributed by atoms with Gasteiger partial charge in [-0.1, -0.05) is 55.7 Å². The molecule has 0 atom stereocenters. The molecule has 0 bridgehead atoms. The van der Waals surface area contributed by atoms with Gasteiger partial charge in [0, 0.05) is 31.6 Å². The lowest BCUT2D eigenvalue weighted by Gasteiger charge is -2.34. The molecular weight excluding hydrogens is 404 g/mol. The SMILES string of the molecule is O=C(CCCC(=O)Nc1ccccn1)NCC(=O)N(Cc1ccccc1)C1CCCCC1. The normalized spacial score (nSPS) is 13.9. The van der Waals surface area contributed by atoms with Crippen molar-refractivity contribution in [2.75, 3.05) is 11.9 Å². The highest BCUT2D eigenvalue weighted by atomic mass is 16.2. The molecule has 2 aromatic rings. The average Bonchev–Trinajstić information content (AvgIpc) is 2.83. The van der Waals surface area contributed by atoms with Gasteiger partial charge in [-0.2, -0.15) is 0 Å². The molecule has 1 aliphatic carbocycles. The van der Waals surface area contributed by atoms with Crippen LogP contribution in [0.5, 0.6) is 0 Å². The van der Waals surface area contributed by atoms with Gasteiger partial charge in [-0.15, -0.1) is 0 Å². The van der Waals surface area contributed by atoms with Crippen molar-refractivity contribution < 1.29 is 14.4 Å². The molecule has 1 heterocycles. The van der Waals surface area contributed by atoms with Crippen LogP contribution in [0.4, 0.5) is 5.82 Å². The first-order valence-corrected chi connectivity index (χ1v) is 11.4. The highest BCUT2D eigenvalue weighted by Gasteiger charge is 2.25. The number of hydrogen-bond donors (Lipinski definition) is 2. The maximum absolute atomic E-state index is 13.0. The highest BCUT2D eigenvalue weighted by Crippen LogP contribution is 2.24. The molecule has 2 N–H and O–H groups in total. The van der Waals surface area contributed by atoms with Gasteiger partial charge in [-0.05, 0) is 37.0 Å². The molecular formula is C25H32N4O3. The number of hydrogen-bond acceptors (Lipinski definition) is 4. The predicted molar refractivity (Wildman–Crippen MR) is 124 cm³/mol. The minimum absolute atomic E-state index is 0.0116. The van der Waals surface area contributed by atoms with Crippen LogP contribution in [0.25, 0.3) is 0 Å². The molecule has 1 aromatic heterocycles. The van der Waals surface area contributed by atoms with Crippen LogP contribution in [0.15, 0.2) is 54.7 Å². The molecule has 7 heteroatoms. The van der Waals surface area contributed by atoms with E-state index < -0.39 is 0 Å². The van der Waals surface area contributed by atoms with Gasteiger partial charge in [-0.3, -0.25) is 14.4 Å². The summed E-state index contributed by atoms with van der Waals surface area (Å²) in [6.45, 7) is 0.552. The number of carbonyl (C=O) groups excluding carboxylic acids is 3. The number of pyridine rings is 1. The Labute approximate surface area is 189 Å². The largest absolute Gasteiger partial charge is 0.347 e. The van der Waals surface area contributed by atoms with Gasteiger partial charge in [0.1, 0.15) is 5.82 Å². The Morgan fingerprint density at radius 1 is 0.906 bits per heavy atom. The lowest BCUT2D eigenvalue weighted by Crippen LogP contribution is -2.45. The van der Waals surface area contributed by atoms with Crippen molar-refractivity contribution >= 4 is 23.5 Å². The van der Waals surface area contributed by atoms with E-state index in [4.69, 9.17) is 0 Å². The number of nitrogens with zero attached hydrogens (tertiary/aromatic N) is 2. The van der Waals surface area contributed by atoms with E-state index in [1.165, 1.54) is 6.42 Å². The second kappa shape index (κ2) is 12.6. The molecule has 170 valence electrons. The standard InChI is InChI=1S/C25H32N4O3/c30-23(15-9-16-24(31)28-22-14-7-8-17-26-22)27-18-25(32)29(21-12-5-2-6-13-21)19-20-10-3-1-4-11-20/h1,3-4,7-8,10-11,14,17,21H,2,5-6,9,12-13,15-16,18-19H2,(H,27,30)(H,26,28,31). The average molecular weight is 437 g/mol. The van der Waals surface area contributed by atoms with Crippen LogP contribution in [0.3, 0.4) is 0 Å². The van der Waals surface area contributed by atoms with E-state index >= 15 is 0 Å². The van der Waals surface area contributed by atoms with Crippen molar-refractivity contribution in [1.82, 2.24) is 15.2 Å². The van der Waals surface area contributed by atoms with Crippen LogP contribution in [-0.4, -0.2) is 40.2 Å². The number of nitrogens with one attached hydrogen (secondary N) is 2. The molecule has 1 fully saturated rings. The first kappa shape index (κ1) is 23.4. The summed E-state index contributed by atoms with van der Waals surface area (Å²) < 4.78 is 0. The zero-order chi connectivity index (χ0) is 22.6. The van der Waals surface area contributed by atoms with Crippen molar-refractivity contribution in [3.63, 3.8) is 0 Å². The van der Waals surface area contributed by atoms with Gasteiger partial charge in [0.25, 0.3) is 0 Å². The molecule has 1 saturated carbocycles.